The maximum Gasteiger partial charge on any atom is 0.231 e. The van der Waals surface area contributed by atoms with Gasteiger partial charge in [0.15, 0.2) is 0 Å². The highest BCUT2D eigenvalue weighted by Gasteiger charge is 2.15. The molecule has 0 saturated carbocycles. The summed E-state index contributed by atoms with van der Waals surface area (Å²) in [6, 6.07) is 1.99. The maximum absolute atomic E-state index is 11.7. The van der Waals surface area contributed by atoms with Gasteiger partial charge in [0, 0.05) is 0 Å². The van der Waals surface area contributed by atoms with Crippen LogP contribution in [0.3, 0.4) is 0 Å². The first-order chi connectivity index (χ1) is 8.36. The lowest BCUT2D eigenvalue weighted by Crippen LogP contribution is -2.16. The smallest absolute Gasteiger partial charge is 0.231 e. The summed E-state index contributed by atoms with van der Waals surface area (Å²) in [7, 11) is 1.57. The standard InChI is InChI=1S/C14H19NO3/c1-8-6-9(2)13(14(18-5)11(8)4)15-12(17)7-10(3)16/h6H,7H2,1-5H3,(H,15,17). The average Bonchev–Trinajstić information content (AvgIpc) is 2.25. The van der Waals surface area contributed by atoms with Gasteiger partial charge in [-0.1, -0.05) is 6.07 Å². The second kappa shape index (κ2) is 5.67. The second-order valence-corrected chi connectivity index (χ2v) is 4.47. The Morgan fingerprint density at radius 1 is 1.22 bits per heavy atom. The number of nitrogens with one attached hydrogen (secondary N) is 1. The molecule has 0 bridgehead atoms. The van der Waals surface area contributed by atoms with Gasteiger partial charge in [-0.05, 0) is 44.4 Å². The Morgan fingerprint density at radius 3 is 2.33 bits per heavy atom. The molecule has 0 radical (unpaired) electrons. The fourth-order valence-electron chi connectivity index (χ4n) is 1.87. The number of anilines is 1. The number of hydrogen-bond donors (Lipinski definition) is 1. The first-order valence-corrected chi connectivity index (χ1v) is 5.81. The van der Waals surface area contributed by atoms with Crippen molar-refractivity contribution >= 4 is 17.4 Å². The van der Waals surface area contributed by atoms with Crippen LogP contribution in [0.5, 0.6) is 5.75 Å². The molecule has 1 rings (SSSR count). The van der Waals surface area contributed by atoms with E-state index in [-0.39, 0.29) is 18.1 Å². The minimum atomic E-state index is -0.313. The van der Waals surface area contributed by atoms with Crippen molar-refractivity contribution in [2.75, 3.05) is 12.4 Å². The molecule has 18 heavy (non-hydrogen) atoms. The van der Waals surface area contributed by atoms with Crippen molar-refractivity contribution in [1.29, 1.82) is 0 Å². The van der Waals surface area contributed by atoms with Gasteiger partial charge in [-0.25, -0.2) is 0 Å². The molecule has 0 aliphatic rings. The van der Waals surface area contributed by atoms with Crippen molar-refractivity contribution in [3.63, 3.8) is 0 Å². The molecule has 0 unspecified atom stereocenters. The van der Waals surface area contributed by atoms with Gasteiger partial charge in [-0.15, -0.1) is 0 Å². The van der Waals surface area contributed by atoms with E-state index in [9.17, 15) is 9.59 Å². The van der Waals surface area contributed by atoms with Crippen LogP contribution in [0, 0.1) is 20.8 Å². The molecule has 1 amide bonds. The van der Waals surface area contributed by atoms with Crippen LogP contribution in [-0.2, 0) is 9.59 Å². The van der Waals surface area contributed by atoms with Gasteiger partial charge in [-0.2, -0.15) is 0 Å². The van der Waals surface area contributed by atoms with E-state index in [1.807, 2.05) is 26.8 Å². The zero-order valence-electron chi connectivity index (χ0n) is 11.5. The summed E-state index contributed by atoms with van der Waals surface area (Å²) in [5, 5.41) is 2.74. The fraction of sp³-hybridized carbons (Fsp3) is 0.429. The number of benzene rings is 1. The summed E-state index contributed by atoms with van der Waals surface area (Å²) in [6.45, 7) is 7.22. The number of aryl methyl sites for hydroxylation is 2. The minimum Gasteiger partial charge on any atom is -0.494 e. The van der Waals surface area contributed by atoms with Crippen molar-refractivity contribution in [1.82, 2.24) is 0 Å². The number of methoxy groups -OCH3 is 1. The monoisotopic (exact) mass is 249 g/mol. The van der Waals surface area contributed by atoms with Crippen LogP contribution < -0.4 is 10.1 Å². The number of hydrogen-bond acceptors (Lipinski definition) is 3. The molecular weight excluding hydrogens is 230 g/mol. The number of carbonyl (C=O) groups excluding carboxylic acids is 2. The average molecular weight is 249 g/mol. The van der Waals surface area contributed by atoms with Crippen LogP contribution in [0.1, 0.15) is 30.0 Å². The molecule has 4 heteroatoms. The van der Waals surface area contributed by atoms with E-state index >= 15 is 0 Å². The van der Waals surface area contributed by atoms with E-state index < -0.39 is 0 Å². The molecule has 0 fully saturated rings. The molecule has 1 N–H and O–H groups in total. The van der Waals surface area contributed by atoms with Gasteiger partial charge in [0.25, 0.3) is 0 Å². The molecule has 0 aliphatic carbocycles. The topological polar surface area (TPSA) is 55.4 Å². The Bertz CT molecular complexity index is 492. The largest absolute Gasteiger partial charge is 0.494 e. The van der Waals surface area contributed by atoms with Crippen LogP contribution in [0.2, 0.25) is 0 Å². The van der Waals surface area contributed by atoms with Gasteiger partial charge in [0.2, 0.25) is 5.91 Å². The molecule has 1 aromatic rings. The summed E-state index contributed by atoms with van der Waals surface area (Å²) in [5.41, 5.74) is 3.66. The summed E-state index contributed by atoms with van der Waals surface area (Å²) in [5.74, 6) is 0.185. The number of ketones is 1. The van der Waals surface area contributed by atoms with E-state index in [4.69, 9.17) is 4.74 Å². The highest BCUT2D eigenvalue weighted by molar-refractivity contribution is 6.04. The summed E-state index contributed by atoms with van der Waals surface area (Å²) < 4.78 is 5.34. The second-order valence-electron chi connectivity index (χ2n) is 4.47. The van der Waals surface area contributed by atoms with E-state index in [1.165, 1.54) is 6.92 Å². The number of rotatable bonds is 4. The molecule has 0 spiro atoms. The Labute approximate surface area is 107 Å². The van der Waals surface area contributed by atoms with Crippen LogP contribution in [0.15, 0.2) is 6.07 Å². The predicted octanol–water partition coefficient (Wildman–Crippen LogP) is 2.54. The third-order valence-electron chi connectivity index (χ3n) is 2.86. The summed E-state index contributed by atoms with van der Waals surface area (Å²) in [6.07, 6.45) is -0.116. The molecular formula is C14H19NO3. The zero-order chi connectivity index (χ0) is 13.9. The Balaban J connectivity index is 3.12. The van der Waals surface area contributed by atoms with Crippen LogP contribution in [-0.4, -0.2) is 18.8 Å². The number of ether oxygens (including phenoxy) is 1. The molecule has 0 heterocycles. The highest BCUT2D eigenvalue weighted by atomic mass is 16.5. The SMILES string of the molecule is COc1c(C)c(C)cc(C)c1NC(=O)CC(C)=O. The zero-order valence-corrected chi connectivity index (χ0v) is 11.5. The van der Waals surface area contributed by atoms with Gasteiger partial charge in [0.05, 0.1) is 19.2 Å². The van der Waals surface area contributed by atoms with Crippen molar-refractivity contribution in [2.45, 2.75) is 34.1 Å². The first kappa shape index (κ1) is 14.2. The van der Waals surface area contributed by atoms with E-state index in [1.54, 1.807) is 7.11 Å². The molecule has 4 nitrogen and oxygen atoms in total. The van der Waals surface area contributed by atoms with E-state index in [2.05, 4.69) is 5.32 Å². The predicted molar refractivity (Wildman–Crippen MR) is 71.1 cm³/mol. The molecule has 0 saturated heterocycles. The number of amides is 1. The Morgan fingerprint density at radius 2 is 1.83 bits per heavy atom. The Kier molecular flexibility index (Phi) is 4.48. The lowest BCUT2D eigenvalue weighted by molar-refractivity contribution is -0.124. The van der Waals surface area contributed by atoms with Crippen LogP contribution >= 0.6 is 0 Å². The first-order valence-electron chi connectivity index (χ1n) is 5.81. The number of carbonyl (C=O) groups is 2. The fourth-order valence-corrected chi connectivity index (χ4v) is 1.87. The van der Waals surface area contributed by atoms with Gasteiger partial charge in [0.1, 0.15) is 11.5 Å². The van der Waals surface area contributed by atoms with Crippen LogP contribution in [0.25, 0.3) is 0 Å². The summed E-state index contributed by atoms with van der Waals surface area (Å²) >= 11 is 0. The molecule has 0 atom stereocenters. The lowest BCUT2D eigenvalue weighted by atomic mass is 10.0. The van der Waals surface area contributed by atoms with Gasteiger partial charge >= 0.3 is 0 Å². The third kappa shape index (κ3) is 3.09. The van der Waals surface area contributed by atoms with Crippen molar-refractivity contribution in [3.05, 3.63) is 22.8 Å². The maximum atomic E-state index is 11.7. The molecule has 98 valence electrons. The van der Waals surface area contributed by atoms with E-state index in [0.29, 0.717) is 11.4 Å². The van der Waals surface area contributed by atoms with Crippen LogP contribution in [0.4, 0.5) is 5.69 Å². The van der Waals surface area contributed by atoms with Gasteiger partial charge in [-0.3, -0.25) is 9.59 Å². The number of Topliss-reactive ketones (excluding diaryl/α,β-unsaturated/α-hetero) is 1. The molecule has 0 aliphatic heterocycles. The van der Waals surface area contributed by atoms with Crippen molar-refractivity contribution in [3.8, 4) is 5.75 Å². The van der Waals surface area contributed by atoms with Crippen molar-refractivity contribution < 1.29 is 14.3 Å². The lowest BCUT2D eigenvalue weighted by Gasteiger charge is -2.17. The van der Waals surface area contributed by atoms with E-state index in [0.717, 1.165) is 16.7 Å². The summed E-state index contributed by atoms with van der Waals surface area (Å²) in [4.78, 5) is 22.6. The highest BCUT2D eigenvalue weighted by Crippen LogP contribution is 2.34. The molecule has 1 aromatic carbocycles. The van der Waals surface area contributed by atoms with Gasteiger partial charge < -0.3 is 10.1 Å². The molecule has 0 aromatic heterocycles. The Hall–Kier alpha value is -1.84. The normalized spacial score (nSPS) is 10.1. The third-order valence-corrected chi connectivity index (χ3v) is 2.86. The quantitative estimate of drug-likeness (QED) is 0.834. The minimum absolute atomic E-state index is 0.116. The van der Waals surface area contributed by atoms with Crippen molar-refractivity contribution in [2.24, 2.45) is 0 Å².